The second kappa shape index (κ2) is 6.53. The van der Waals surface area contributed by atoms with Crippen LogP contribution in [0.3, 0.4) is 0 Å². The number of hydrogen-bond donors (Lipinski definition) is 1. The van der Waals surface area contributed by atoms with Gasteiger partial charge in [-0.05, 0) is 37.8 Å². The molecule has 2 rings (SSSR count). The van der Waals surface area contributed by atoms with Crippen LogP contribution in [0.2, 0.25) is 0 Å². The van der Waals surface area contributed by atoms with Gasteiger partial charge in [-0.2, -0.15) is 0 Å². The van der Waals surface area contributed by atoms with Crippen molar-refractivity contribution in [2.45, 2.75) is 51.3 Å². The third-order valence-electron chi connectivity index (χ3n) is 3.38. The molecule has 1 saturated carbocycles. The molecule has 1 atom stereocenters. The third-order valence-corrected chi connectivity index (χ3v) is 4.16. The third kappa shape index (κ3) is 4.32. The fourth-order valence-corrected chi connectivity index (χ4v) is 2.50. The first-order chi connectivity index (χ1) is 9.08. The maximum absolute atomic E-state index is 12.2. The molecule has 1 aliphatic carbocycles. The number of rotatable bonds is 6. The van der Waals surface area contributed by atoms with E-state index in [9.17, 15) is 9.90 Å². The highest BCUT2D eigenvalue weighted by Gasteiger charge is 2.32. The van der Waals surface area contributed by atoms with E-state index in [1.165, 1.54) is 0 Å². The Kier molecular flexibility index (Phi) is 4.99. The molecule has 0 radical (unpaired) electrons. The summed E-state index contributed by atoms with van der Waals surface area (Å²) in [5.74, 6) is 0.152. The zero-order valence-corrected chi connectivity index (χ0v) is 12.8. The normalized spacial score (nSPS) is 16.2. The first kappa shape index (κ1) is 14.5. The first-order valence-corrected chi connectivity index (χ1v) is 7.58. The van der Waals surface area contributed by atoms with Gasteiger partial charge in [0.05, 0.1) is 6.10 Å². The topological polar surface area (TPSA) is 40.5 Å². The lowest BCUT2D eigenvalue weighted by molar-refractivity contribution is -0.133. The van der Waals surface area contributed by atoms with E-state index >= 15 is 0 Å². The summed E-state index contributed by atoms with van der Waals surface area (Å²) in [6, 6.07) is 8.41. The Hall–Kier alpha value is -0.870. The van der Waals surface area contributed by atoms with Crippen molar-refractivity contribution in [2.75, 3.05) is 0 Å². The van der Waals surface area contributed by atoms with Crippen LogP contribution < -0.4 is 0 Å². The maximum Gasteiger partial charge on any atom is 0.223 e. The van der Waals surface area contributed by atoms with Gasteiger partial charge in [0, 0.05) is 23.5 Å². The molecular formula is C15H20BrNO2. The van der Waals surface area contributed by atoms with Gasteiger partial charge in [0.2, 0.25) is 5.91 Å². The predicted molar refractivity (Wildman–Crippen MR) is 78.6 cm³/mol. The summed E-state index contributed by atoms with van der Waals surface area (Å²) in [6.45, 7) is 2.38. The molecule has 0 aliphatic heterocycles. The predicted octanol–water partition coefficient (Wildman–Crippen LogP) is 3.10. The number of aliphatic hydroxyl groups is 1. The van der Waals surface area contributed by atoms with Gasteiger partial charge in [-0.25, -0.2) is 0 Å². The standard InChI is InChI=1S/C15H20BrNO2/c1-11(18)6-9-15(19)17(13-7-8-13)10-12-4-2-3-5-14(12)16/h2-5,11,13,18H,6-10H2,1H3. The zero-order valence-electron chi connectivity index (χ0n) is 11.2. The van der Waals surface area contributed by atoms with Crippen LogP contribution in [-0.4, -0.2) is 28.1 Å². The number of benzene rings is 1. The van der Waals surface area contributed by atoms with Crippen molar-refractivity contribution in [1.82, 2.24) is 4.90 Å². The van der Waals surface area contributed by atoms with Crippen molar-refractivity contribution in [1.29, 1.82) is 0 Å². The van der Waals surface area contributed by atoms with Gasteiger partial charge in [0.15, 0.2) is 0 Å². The van der Waals surface area contributed by atoms with Crippen LogP contribution >= 0.6 is 15.9 Å². The van der Waals surface area contributed by atoms with Gasteiger partial charge in [-0.1, -0.05) is 34.1 Å². The summed E-state index contributed by atoms with van der Waals surface area (Å²) in [5.41, 5.74) is 1.14. The second-order valence-corrected chi connectivity index (χ2v) is 6.09. The van der Waals surface area contributed by atoms with E-state index in [-0.39, 0.29) is 5.91 Å². The Labute approximate surface area is 122 Å². The van der Waals surface area contributed by atoms with Gasteiger partial charge < -0.3 is 10.0 Å². The maximum atomic E-state index is 12.2. The SMILES string of the molecule is CC(O)CCC(=O)N(Cc1ccccc1Br)C1CC1. The van der Waals surface area contributed by atoms with Crippen LogP contribution in [0.4, 0.5) is 0 Å². The molecule has 1 aliphatic rings. The highest BCUT2D eigenvalue weighted by atomic mass is 79.9. The van der Waals surface area contributed by atoms with E-state index in [1.807, 2.05) is 29.2 Å². The largest absolute Gasteiger partial charge is 0.393 e. The minimum Gasteiger partial charge on any atom is -0.393 e. The average Bonchev–Trinajstić information content (AvgIpc) is 3.19. The summed E-state index contributed by atoms with van der Waals surface area (Å²) in [4.78, 5) is 14.2. The van der Waals surface area contributed by atoms with E-state index in [2.05, 4.69) is 15.9 Å². The molecule has 1 aromatic rings. The number of carbonyl (C=O) groups is 1. The fraction of sp³-hybridized carbons (Fsp3) is 0.533. The van der Waals surface area contributed by atoms with E-state index in [0.717, 1.165) is 22.9 Å². The van der Waals surface area contributed by atoms with Crippen molar-refractivity contribution in [2.24, 2.45) is 0 Å². The summed E-state index contributed by atoms with van der Waals surface area (Å²) in [7, 11) is 0. The van der Waals surface area contributed by atoms with Crippen molar-refractivity contribution < 1.29 is 9.90 Å². The van der Waals surface area contributed by atoms with Crippen LogP contribution in [0.5, 0.6) is 0 Å². The molecule has 1 N–H and O–H groups in total. The number of nitrogens with zero attached hydrogens (tertiary/aromatic N) is 1. The molecule has 1 fully saturated rings. The van der Waals surface area contributed by atoms with Crippen LogP contribution in [0.15, 0.2) is 28.7 Å². The van der Waals surface area contributed by atoms with E-state index in [0.29, 0.717) is 25.4 Å². The number of hydrogen-bond acceptors (Lipinski definition) is 2. The van der Waals surface area contributed by atoms with Crippen molar-refractivity contribution in [3.05, 3.63) is 34.3 Å². The number of halogens is 1. The minimum absolute atomic E-state index is 0.152. The summed E-state index contributed by atoms with van der Waals surface area (Å²) in [5, 5.41) is 9.29. The lowest BCUT2D eigenvalue weighted by Crippen LogP contribution is -2.33. The molecule has 0 heterocycles. The van der Waals surface area contributed by atoms with Gasteiger partial charge in [0.1, 0.15) is 0 Å². The Morgan fingerprint density at radius 1 is 1.47 bits per heavy atom. The zero-order chi connectivity index (χ0) is 13.8. The highest BCUT2D eigenvalue weighted by molar-refractivity contribution is 9.10. The summed E-state index contributed by atoms with van der Waals surface area (Å²) < 4.78 is 1.05. The lowest BCUT2D eigenvalue weighted by atomic mass is 10.1. The Morgan fingerprint density at radius 2 is 2.16 bits per heavy atom. The number of amides is 1. The van der Waals surface area contributed by atoms with Crippen molar-refractivity contribution >= 4 is 21.8 Å². The van der Waals surface area contributed by atoms with Gasteiger partial charge in [0.25, 0.3) is 0 Å². The van der Waals surface area contributed by atoms with Crippen molar-refractivity contribution in [3.63, 3.8) is 0 Å². The summed E-state index contributed by atoms with van der Waals surface area (Å²) in [6.07, 6.45) is 2.76. The highest BCUT2D eigenvalue weighted by Crippen LogP contribution is 2.30. The van der Waals surface area contributed by atoms with E-state index in [4.69, 9.17) is 0 Å². The van der Waals surface area contributed by atoms with Gasteiger partial charge in [-0.3, -0.25) is 4.79 Å². The van der Waals surface area contributed by atoms with E-state index in [1.54, 1.807) is 6.92 Å². The van der Waals surface area contributed by atoms with Gasteiger partial charge in [-0.15, -0.1) is 0 Å². The number of aliphatic hydroxyl groups excluding tert-OH is 1. The lowest BCUT2D eigenvalue weighted by Gasteiger charge is -2.23. The number of carbonyl (C=O) groups excluding carboxylic acids is 1. The Balaban J connectivity index is 2.00. The Morgan fingerprint density at radius 3 is 2.74 bits per heavy atom. The van der Waals surface area contributed by atoms with Crippen molar-refractivity contribution in [3.8, 4) is 0 Å². The molecule has 0 saturated heterocycles. The molecule has 19 heavy (non-hydrogen) atoms. The average molecular weight is 326 g/mol. The van der Waals surface area contributed by atoms with Crippen LogP contribution in [-0.2, 0) is 11.3 Å². The van der Waals surface area contributed by atoms with Crippen LogP contribution in [0.25, 0.3) is 0 Å². The fourth-order valence-electron chi connectivity index (χ4n) is 2.09. The molecule has 3 nitrogen and oxygen atoms in total. The molecule has 1 amide bonds. The molecule has 0 bridgehead atoms. The molecular weight excluding hydrogens is 306 g/mol. The molecule has 4 heteroatoms. The quantitative estimate of drug-likeness (QED) is 0.873. The van der Waals surface area contributed by atoms with Gasteiger partial charge >= 0.3 is 0 Å². The smallest absolute Gasteiger partial charge is 0.223 e. The first-order valence-electron chi connectivity index (χ1n) is 6.79. The van der Waals surface area contributed by atoms with Crippen LogP contribution in [0.1, 0.15) is 38.2 Å². The monoisotopic (exact) mass is 325 g/mol. The molecule has 1 unspecified atom stereocenters. The van der Waals surface area contributed by atoms with E-state index < -0.39 is 6.10 Å². The summed E-state index contributed by atoms with van der Waals surface area (Å²) >= 11 is 3.53. The molecule has 1 aromatic carbocycles. The second-order valence-electron chi connectivity index (χ2n) is 5.23. The Bertz CT molecular complexity index is 444. The molecule has 0 aromatic heterocycles. The van der Waals surface area contributed by atoms with Crippen LogP contribution in [0, 0.1) is 0 Å². The molecule has 104 valence electrons. The molecule has 0 spiro atoms. The minimum atomic E-state index is -0.409.